The Morgan fingerprint density at radius 1 is 1.12 bits per heavy atom. The van der Waals surface area contributed by atoms with Gasteiger partial charge in [-0.3, -0.25) is 9.88 Å². The minimum atomic E-state index is -0.860. The van der Waals surface area contributed by atoms with Gasteiger partial charge < -0.3 is 9.64 Å². The summed E-state index contributed by atoms with van der Waals surface area (Å²) in [6.45, 7) is 4.56. The molecule has 8 heteroatoms. The van der Waals surface area contributed by atoms with Gasteiger partial charge in [0.25, 0.3) is 0 Å². The van der Waals surface area contributed by atoms with Crippen LogP contribution in [0, 0.1) is 18.2 Å². The maximum Gasteiger partial charge on any atom is 0.319 e. The molecule has 0 N–H and O–H groups in total. The van der Waals surface area contributed by atoms with Gasteiger partial charge in [0, 0.05) is 48.3 Å². The largest absolute Gasteiger partial charge is 0.461 e. The van der Waals surface area contributed by atoms with Crippen molar-refractivity contribution in [3.63, 3.8) is 0 Å². The zero-order chi connectivity index (χ0) is 28.1. The predicted molar refractivity (Wildman–Crippen MR) is 157 cm³/mol. The highest BCUT2D eigenvalue weighted by Gasteiger charge is 2.49. The molecule has 210 valence electrons. The second-order valence-electron chi connectivity index (χ2n) is 11.8. The van der Waals surface area contributed by atoms with Crippen LogP contribution in [0.5, 0.6) is 6.01 Å². The van der Waals surface area contributed by atoms with E-state index in [9.17, 15) is 4.39 Å². The maximum atomic E-state index is 16.6. The van der Waals surface area contributed by atoms with Crippen molar-refractivity contribution in [2.24, 2.45) is 0 Å². The number of rotatable bonds is 5. The molecule has 6 nitrogen and oxygen atoms in total. The van der Waals surface area contributed by atoms with E-state index >= 15 is 4.39 Å². The first-order chi connectivity index (χ1) is 20.0. The van der Waals surface area contributed by atoms with Crippen molar-refractivity contribution in [2.75, 3.05) is 31.1 Å². The van der Waals surface area contributed by atoms with Crippen LogP contribution in [0.2, 0.25) is 0 Å². The Hall–Kier alpha value is -3.83. The summed E-state index contributed by atoms with van der Waals surface area (Å²) in [5, 5.41) is 2.24. The molecule has 5 heterocycles. The topological polar surface area (TPSA) is 54.4 Å². The van der Waals surface area contributed by atoms with Crippen molar-refractivity contribution in [1.82, 2.24) is 19.9 Å². The van der Waals surface area contributed by atoms with Crippen LogP contribution in [-0.2, 0) is 0 Å². The Labute approximate surface area is 238 Å². The summed E-state index contributed by atoms with van der Waals surface area (Å²) >= 11 is 0. The number of hydrogen-bond acceptors (Lipinski definition) is 6. The summed E-state index contributed by atoms with van der Waals surface area (Å²) in [5.41, 5.74) is 1.29. The lowest BCUT2D eigenvalue weighted by molar-refractivity contribution is 0.107. The molecule has 0 spiro atoms. The van der Waals surface area contributed by atoms with Crippen LogP contribution in [0.4, 0.5) is 14.6 Å². The van der Waals surface area contributed by atoms with Crippen molar-refractivity contribution in [2.45, 2.75) is 63.2 Å². The van der Waals surface area contributed by atoms with E-state index in [1.807, 2.05) is 36.4 Å². The first-order valence-electron chi connectivity index (χ1n) is 14.6. The number of anilines is 1. The zero-order valence-electron chi connectivity index (χ0n) is 23.2. The highest BCUT2D eigenvalue weighted by atomic mass is 19.1. The molecule has 4 aromatic rings. The predicted octanol–water partition coefficient (Wildman–Crippen LogP) is 6.30. The van der Waals surface area contributed by atoms with Gasteiger partial charge in [0.05, 0.1) is 10.9 Å². The number of terminal acetylenes is 1. The lowest BCUT2D eigenvalue weighted by Crippen LogP contribution is -2.43. The molecule has 3 fully saturated rings. The summed E-state index contributed by atoms with van der Waals surface area (Å²) in [6.07, 6.45) is 12.2. The summed E-state index contributed by atoms with van der Waals surface area (Å²) in [4.78, 5) is 18.5. The van der Waals surface area contributed by atoms with Crippen molar-refractivity contribution in [1.29, 1.82) is 0 Å². The van der Waals surface area contributed by atoms with Gasteiger partial charge in [-0.2, -0.15) is 9.97 Å². The van der Waals surface area contributed by atoms with Crippen molar-refractivity contribution >= 4 is 27.5 Å². The molecule has 3 saturated heterocycles. The number of nitrogens with zero attached hydrogens (tertiary/aromatic N) is 5. The van der Waals surface area contributed by atoms with Crippen LogP contribution in [-0.4, -0.2) is 63.8 Å². The second-order valence-corrected chi connectivity index (χ2v) is 11.8. The van der Waals surface area contributed by atoms with Crippen LogP contribution in [0.25, 0.3) is 32.9 Å². The number of pyridine rings is 1. The normalized spacial score (nSPS) is 24.6. The fourth-order valence-corrected chi connectivity index (χ4v) is 7.21. The average molecular weight is 554 g/mol. The molecule has 2 aromatic heterocycles. The zero-order valence-corrected chi connectivity index (χ0v) is 23.2. The van der Waals surface area contributed by atoms with E-state index in [2.05, 4.69) is 32.6 Å². The number of aromatic nitrogens is 3. The number of alkyl halides is 1. The lowest BCUT2D eigenvalue weighted by Gasteiger charge is -2.35. The van der Waals surface area contributed by atoms with Crippen LogP contribution in [0.15, 0.2) is 42.6 Å². The molecule has 0 aliphatic carbocycles. The van der Waals surface area contributed by atoms with Crippen LogP contribution < -0.4 is 9.64 Å². The highest BCUT2D eigenvalue weighted by molar-refractivity contribution is 6.02. The summed E-state index contributed by atoms with van der Waals surface area (Å²) in [5.74, 6) is 2.83. The number of piperidine rings is 1. The summed E-state index contributed by atoms with van der Waals surface area (Å²) in [6, 6.07) is 11.7. The fourth-order valence-electron chi connectivity index (χ4n) is 7.21. The molecular formula is C33H33F2N5O. The Morgan fingerprint density at radius 3 is 2.80 bits per heavy atom. The molecule has 41 heavy (non-hydrogen) atoms. The summed E-state index contributed by atoms with van der Waals surface area (Å²) in [7, 11) is 0. The molecule has 3 atom stereocenters. The third-order valence-corrected chi connectivity index (χ3v) is 9.26. The van der Waals surface area contributed by atoms with Gasteiger partial charge in [0.2, 0.25) is 0 Å². The Bertz CT molecular complexity index is 1680. The third kappa shape index (κ3) is 4.38. The SMILES string of the molecule is C#Cc1cccc2cccc(-c3ncc4c(N5CCCC[C@@H]5C)nc(OC[C@@]56CCCN5C[C@H](F)C6)nc4c3F)c12. The van der Waals surface area contributed by atoms with Gasteiger partial charge >= 0.3 is 6.01 Å². The molecule has 0 amide bonds. The quantitative estimate of drug-likeness (QED) is 0.271. The molecule has 3 aliphatic heterocycles. The molecule has 0 saturated carbocycles. The first-order valence-corrected chi connectivity index (χ1v) is 14.6. The first kappa shape index (κ1) is 26.1. The number of benzene rings is 2. The molecular weight excluding hydrogens is 520 g/mol. The molecule has 0 bridgehead atoms. The maximum absolute atomic E-state index is 16.6. The minimum Gasteiger partial charge on any atom is -0.461 e. The van der Waals surface area contributed by atoms with Gasteiger partial charge in [-0.05, 0) is 57.0 Å². The van der Waals surface area contributed by atoms with E-state index < -0.39 is 12.0 Å². The monoisotopic (exact) mass is 553 g/mol. The smallest absolute Gasteiger partial charge is 0.319 e. The number of halogens is 2. The standard InChI is InChI=1S/C33H33F2N5O/c1-3-22-10-6-11-23-12-7-13-25(27(22)23)29-28(35)30-26(18-36-29)31(40-16-5-4-9-21(40)2)38-32(37-30)41-20-33-14-8-15-39(33)19-24(34)17-33/h1,6-7,10-13,18,21,24H,4-5,8-9,14-17,19-20H2,2H3/t21-,24+,33-/m0/s1. The fraction of sp³-hybridized carbons (Fsp3) is 0.424. The highest BCUT2D eigenvalue weighted by Crippen LogP contribution is 2.41. The Kier molecular flexibility index (Phi) is 6.50. The van der Waals surface area contributed by atoms with Gasteiger partial charge in [-0.1, -0.05) is 36.3 Å². The molecule has 0 radical (unpaired) electrons. The van der Waals surface area contributed by atoms with Crippen LogP contribution in [0.1, 0.15) is 51.0 Å². The molecule has 0 unspecified atom stereocenters. The third-order valence-electron chi connectivity index (χ3n) is 9.26. The van der Waals surface area contributed by atoms with Gasteiger partial charge in [0.1, 0.15) is 29.8 Å². The average Bonchev–Trinajstić information content (AvgIpc) is 3.51. The van der Waals surface area contributed by atoms with Crippen molar-refractivity contribution in [3.05, 3.63) is 54.0 Å². The number of ether oxygens (including phenoxy) is 1. The van der Waals surface area contributed by atoms with Crippen molar-refractivity contribution in [3.8, 4) is 29.6 Å². The van der Waals surface area contributed by atoms with Crippen LogP contribution in [0.3, 0.4) is 0 Å². The lowest BCUT2D eigenvalue weighted by atomic mass is 9.95. The van der Waals surface area contributed by atoms with E-state index in [-0.39, 0.29) is 35.4 Å². The van der Waals surface area contributed by atoms with E-state index in [4.69, 9.17) is 16.1 Å². The van der Waals surface area contributed by atoms with Crippen molar-refractivity contribution < 1.29 is 13.5 Å². The van der Waals surface area contributed by atoms with E-state index in [0.29, 0.717) is 35.3 Å². The van der Waals surface area contributed by atoms with Gasteiger partial charge in [0.15, 0.2) is 5.82 Å². The Morgan fingerprint density at radius 2 is 1.98 bits per heavy atom. The summed E-state index contributed by atoms with van der Waals surface area (Å²) < 4.78 is 37.3. The second kappa shape index (κ2) is 10.2. The van der Waals surface area contributed by atoms with Gasteiger partial charge in [-0.15, -0.1) is 6.42 Å². The minimum absolute atomic E-state index is 0.118. The number of fused-ring (bicyclic) bond motifs is 3. The van der Waals surface area contributed by atoms with E-state index in [1.165, 1.54) is 0 Å². The van der Waals surface area contributed by atoms with E-state index in [0.717, 1.165) is 56.0 Å². The molecule has 3 aliphatic rings. The molecule has 2 aromatic carbocycles. The molecule has 7 rings (SSSR count). The Balaban J connectivity index is 1.36. The van der Waals surface area contributed by atoms with Crippen LogP contribution >= 0.6 is 0 Å². The van der Waals surface area contributed by atoms with E-state index in [1.54, 1.807) is 6.20 Å². The number of hydrogen-bond donors (Lipinski definition) is 0. The van der Waals surface area contributed by atoms with Gasteiger partial charge in [-0.25, -0.2) is 8.78 Å².